The van der Waals surface area contributed by atoms with E-state index in [9.17, 15) is 9.59 Å². The first-order chi connectivity index (χ1) is 13.2. The number of carbonyl (C=O) groups excluding carboxylic acids is 2. The summed E-state index contributed by atoms with van der Waals surface area (Å²) in [4.78, 5) is 26.7. The highest BCUT2D eigenvalue weighted by Gasteiger charge is 2.35. The van der Waals surface area contributed by atoms with E-state index in [1.807, 2.05) is 54.6 Å². The second kappa shape index (κ2) is 7.80. The third-order valence-corrected chi connectivity index (χ3v) is 4.87. The van der Waals surface area contributed by atoms with Crippen LogP contribution in [0.3, 0.4) is 0 Å². The number of fused-ring (bicyclic) bond motifs is 3. The number of nitrogens with zero attached hydrogens (tertiary/aromatic N) is 1. The number of hydrogen-bond donors (Lipinski definition) is 1. The van der Waals surface area contributed by atoms with Gasteiger partial charge in [-0.15, -0.1) is 0 Å². The van der Waals surface area contributed by atoms with Crippen LogP contribution in [0.2, 0.25) is 0 Å². The van der Waals surface area contributed by atoms with Crippen molar-refractivity contribution in [2.75, 3.05) is 26.3 Å². The highest BCUT2D eigenvalue weighted by molar-refractivity contribution is 5.95. The average Bonchev–Trinajstić information content (AvgIpc) is 2.95. The molecular weight excluding hydrogens is 344 g/mol. The van der Waals surface area contributed by atoms with Crippen molar-refractivity contribution in [2.45, 2.75) is 12.6 Å². The monoisotopic (exact) mass is 366 g/mol. The molecule has 2 amide bonds. The fourth-order valence-electron chi connectivity index (χ4n) is 3.40. The lowest BCUT2D eigenvalue weighted by molar-refractivity contribution is -0.125. The summed E-state index contributed by atoms with van der Waals surface area (Å²) in [6, 6.07) is 16.9. The van der Waals surface area contributed by atoms with Crippen LogP contribution >= 0.6 is 0 Å². The molecule has 2 bridgehead atoms. The van der Waals surface area contributed by atoms with E-state index in [4.69, 9.17) is 9.47 Å². The lowest BCUT2D eigenvalue weighted by atomic mass is 10.1. The fourth-order valence-corrected chi connectivity index (χ4v) is 3.40. The van der Waals surface area contributed by atoms with Crippen molar-refractivity contribution in [1.29, 1.82) is 0 Å². The van der Waals surface area contributed by atoms with Gasteiger partial charge in [-0.2, -0.15) is 0 Å². The molecule has 2 saturated heterocycles. The van der Waals surface area contributed by atoms with Gasteiger partial charge in [-0.05, 0) is 29.8 Å². The SMILES string of the molecule is O=C1N[C@@H]2COC[C@H]1CN(C(=O)c1ccc(COc3ccccc3)cc1)C2. The van der Waals surface area contributed by atoms with Crippen molar-refractivity contribution in [3.05, 3.63) is 65.7 Å². The molecule has 0 aromatic heterocycles. The van der Waals surface area contributed by atoms with E-state index >= 15 is 0 Å². The molecule has 0 unspecified atom stereocenters. The molecule has 6 heteroatoms. The molecule has 0 saturated carbocycles. The van der Waals surface area contributed by atoms with Gasteiger partial charge in [0, 0.05) is 18.7 Å². The van der Waals surface area contributed by atoms with E-state index in [0.717, 1.165) is 11.3 Å². The summed E-state index contributed by atoms with van der Waals surface area (Å²) in [5.41, 5.74) is 1.61. The summed E-state index contributed by atoms with van der Waals surface area (Å²) in [7, 11) is 0. The Labute approximate surface area is 158 Å². The number of carbonyl (C=O) groups is 2. The second-order valence-corrected chi connectivity index (χ2v) is 6.95. The number of nitrogens with one attached hydrogen (secondary N) is 1. The molecule has 27 heavy (non-hydrogen) atoms. The highest BCUT2D eigenvalue weighted by Crippen LogP contribution is 2.17. The van der Waals surface area contributed by atoms with Crippen LogP contribution < -0.4 is 10.1 Å². The molecule has 2 aromatic rings. The first-order valence-corrected chi connectivity index (χ1v) is 9.13. The van der Waals surface area contributed by atoms with E-state index in [1.54, 1.807) is 4.90 Å². The van der Waals surface area contributed by atoms with Gasteiger partial charge >= 0.3 is 0 Å². The van der Waals surface area contributed by atoms with Crippen LogP contribution in [0.15, 0.2) is 54.6 Å². The molecule has 140 valence electrons. The number of amides is 2. The Bertz CT molecular complexity index is 807. The number of rotatable bonds is 4. The zero-order valence-electron chi connectivity index (χ0n) is 15.0. The van der Waals surface area contributed by atoms with E-state index in [-0.39, 0.29) is 23.8 Å². The Morgan fingerprint density at radius 3 is 2.63 bits per heavy atom. The van der Waals surface area contributed by atoms with Gasteiger partial charge in [-0.3, -0.25) is 9.59 Å². The molecule has 1 N–H and O–H groups in total. The van der Waals surface area contributed by atoms with Crippen LogP contribution in [0.1, 0.15) is 15.9 Å². The molecule has 6 nitrogen and oxygen atoms in total. The molecule has 2 atom stereocenters. The van der Waals surface area contributed by atoms with E-state index in [0.29, 0.717) is 38.5 Å². The Kier molecular flexibility index (Phi) is 5.07. The summed E-state index contributed by atoms with van der Waals surface area (Å²) in [6.07, 6.45) is 0. The van der Waals surface area contributed by atoms with Crippen LogP contribution in [0.5, 0.6) is 5.75 Å². The van der Waals surface area contributed by atoms with Gasteiger partial charge in [-0.25, -0.2) is 0 Å². The largest absolute Gasteiger partial charge is 0.489 e. The van der Waals surface area contributed by atoms with Gasteiger partial charge < -0.3 is 19.7 Å². The van der Waals surface area contributed by atoms with Crippen LogP contribution in [0.4, 0.5) is 0 Å². The Balaban J connectivity index is 1.41. The van der Waals surface area contributed by atoms with Crippen molar-refractivity contribution >= 4 is 11.8 Å². The van der Waals surface area contributed by atoms with Crippen LogP contribution in [-0.4, -0.2) is 49.1 Å². The number of benzene rings is 2. The Morgan fingerprint density at radius 2 is 1.85 bits per heavy atom. The molecule has 2 aliphatic heterocycles. The summed E-state index contributed by atoms with van der Waals surface area (Å²) in [6.45, 7) is 2.12. The molecule has 4 rings (SSSR count). The first-order valence-electron chi connectivity index (χ1n) is 9.13. The van der Waals surface area contributed by atoms with Crippen molar-refractivity contribution < 1.29 is 19.1 Å². The predicted molar refractivity (Wildman–Crippen MR) is 99.4 cm³/mol. The van der Waals surface area contributed by atoms with Crippen LogP contribution in [-0.2, 0) is 16.1 Å². The van der Waals surface area contributed by atoms with Gasteiger partial charge in [0.25, 0.3) is 5.91 Å². The van der Waals surface area contributed by atoms with Gasteiger partial charge in [0.05, 0.1) is 25.2 Å². The van der Waals surface area contributed by atoms with E-state index in [1.165, 1.54) is 0 Å². The molecule has 0 aliphatic carbocycles. The fraction of sp³-hybridized carbons (Fsp3) is 0.333. The standard InChI is InChI=1S/C21H22N2O4/c24-20-17-10-23(11-18(22-20)14-26-13-17)21(25)16-8-6-15(7-9-16)12-27-19-4-2-1-3-5-19/h1-9,17-18H,10-14H2,(H,22,24)/t17-,18+/m1/s1. The van der Waals surface area contributed by atoms with Crippen LogP contribution in [0, 0.1) is 5.92 Å². The summed E-state index contributed by atoms with van der Waals surface area (Å²) < 4.78 is 11.2. The minimum absolute atomic E-state index is 0.0267. The minimum atomic E-state index is -0.306. The molecule has 2 aliphatic rings. The summed E-state index contributed by atoms with van der Waals surface area (Å²) >= 11 is 0. The lowest BCUT2D eigenvalue weighted by Crippen LogP contribution is -2.44. The molecule has 0 spiro atoms. The third-order valence-electron chi connectivity index (χ3n) is 4.87. The molecule has 2 fully saturated rings. The lowest BCUT2D eigenvalue weighted by Gasteiger charge is -2.27. The second-order valence-electron chi connectivity index (χ2n) is 6.95. The highest BCUT2D eigenvalue weighted by atomic mass is 16.5. The number of hydrogen-bond acceptors (Lipinski definition) is 4. The van der Waals surface area contributed by atoms with Crippen molar-refractivity contribution in [1.82, 2.24) is 10.2 Å². The zero-order valence-corrected chi connectivity index (χ0v) is 15.0. The third kappa shape index (κ3) is 4.11. The van der Waals surface area contributed by atoms with Gasteiger partial charge in [0.1, 0.15) is 12.4 Å². The minimum Gasteiger partial charge on any atom is -0.489 e. The first kappa shape index (κ1) is 17.5. The predicted octanol–water partition coefficient (Wildman–Crippen LogP) is 1.85. The molecular formula is C21H22N2O4. The van der Waals surface area contributed by atoms with Crippen LogP contribution in [0.25, 0.3) is 0 Å². The average molecular weight is 366 g/mol. The Hall–Kier alpha value is -2.86. The smallest absolute Gasteiger partial charge is 0.253 e. The maximum absolute atomic E-state index is 12.9. The van der Waals surface area contributed by atoms with Gasteiger partial charge in [-0.1, -0.05) is 30.3 Å². The number of ether oxygens (including phenoxy) is 2. The topological polar surface area (TPSA) is 67.9 Å². The quantitative estimate of drug-likeness (QED) is 0.897. The maximum Gasteiger partial charge on any atom is 0.253 e. The molecule has 2 heterocycles. The zero-order chi connectivity index (χ0) is 18.6. The van der Waals surface area contributed by atoms with E-state index in [2.05, 4.69) is 5.32 Å². The molecule has 2 aromatic carbocycles. The normalized spacial score (nSPS) is 21.9. The van der Waals surface area contributed by atoms with Crippen molar-refractivity contribution in [3.8, 4) is 5.75 Å². The Morgan fingerprint density at radius 1 is 1.07 bits per heavy atom. The number of para-hydroxylation sites is 1. The van der Waals surface area contributed by atoms with Gasteiger partial charge in [0.2, 0.25) is 5.91 Å². The van der Waals surface area contributed by atoms with Crippen molar-refractivity contribution in [2.24, 2.45) is 5.92 Å². The van der Waals surface area contributed by atoms with Gasteiger partial charge in [0.15, 0.2) is 0 Å². The maximum atomic E-state index is 12.9. The molecule has 0 radical (unpaired) electrons. The van der Waals surface area contributed by atoms with Crippen molar-refractivity contribution in [3.63, 3.8) is 0 Å². The van der Waals surface area contributed by atoms with E-state index < -0.39 is 0 Å². The summed E-state index contributed by atoms with van der Waals surface area (Å²) in [5.74, 6) is 0.424. The summed E-state index contributed by atoms with van der Waals surface area (Å²) in [5, 5.41) is 2.94.